The van der Waals surface area contributed by atoms with Crippen molar-refractivity contribution in [3.8, 4) is 0 Å². The first-order valence-electron chi connectivity index (χ1n) is 5.67. The lowest BCUT2D eigenvalue weighted by molar-refractivity contribution is -0.117. The number of amides is 1. The first-order valence-corrected chi connectivity index (χ1v) is 5.67. The van der Waals surface area contributed by atoms with Crippen LogP contribution < -0.4 is 5.32 Å². The van der Waals surface area contributed by atoms with Gasteiger partial charge in [0.1, 0.15) is 0 Å². The lowest BCUT2D eigenvalue weighted by Crippen LogP contribution is -2.24. The zero-order valence-electron chi connectivity index (χ0n) is 9.73. The number of allylic oxidation sites excluding steroid dienone is 1. The Bertz CT molecular complexity index is 185. The van der Waals surface area contributed by atoms with Crippen LogP contribution in [0.15, 0.2) is 11.6 Å². The predicted octanol–water partition coefficient (Wildman–Crippen LogP) is 3.04. The maximum atomic E-state index is 11.4. The van der Waals surface area contributed by atoms with Crippen molar-refractivity contribution in [3.63, 3.8) is 0 Å². The normalized spacial score (nSPS) is 11.5. The molecule has 2 nitrogen and oxygen atoms in total. The van der Waals surface area contributed by atoms with Crippen molar-refractivity contribution in [1.29, 1.82) is 0 Å². The van der Waals surface area contributed by atoms with Crippen molar-refractivity contribution in [2.75, 3.05) is 6.54 Å². The van der Waals surface area contributed by atoms with Crippen LogP contribution in [-0.2, 0) is 4.79 Å². The van der Waals surface area contributed by atoms with E-state index in [1.165, 1.54) is 12.8 Å². The van der Waals surface area contributed by atoms with Gasteiger partial charge < -0.3 is 5.32 Å². The van der Waals surface area contributed by atoms with Gasteiger partial charge in [-0.2, -0.15) is 0 Å². The van der Waals surface area contributed by atoms with Crippen LogP contribution in [0.4, 0.5) is 0 Å². The van der Waals surface area contributed by atoms with Crippen molar-refractivity contribution < 1.29 is 4.79 Å². The number of carbonyl (C=O) groups is 1. The average Bonchev–Trinajstić information content (AvgIpc) is 2.18. The highest BCUT2D eigenvalue weighted by atomic mass is 16.1. The van der Waals surface area contributed by atoms with Crippen molar-refractivity contribution >= 4 is 5.91 Å². The first kappa shape index (κ1) is 13.2. The minimum atomic E-state index is 0.0922. The molecule has 0 heterocycles. The Morgan fingerprint density at radius 1 is 1.21 bits per heavy atom. The highest BCUT2D eigenvalue weighted by molar-refractivity contribution is 5.92. The summed E-state index contributed by atoms with van der Waals surface area (Å²) in [5.74, 6) is 0.0922. The van der Waals surface area contributed by atoms with Gasteiger partial charge in [-0.1, -0.05) is 39.2 Å². The van der Waals surface area contributed by atoms with Gasteiger partial charge in [0.25, 0.3) is 0 Å². The fraction of sp³-hybridized carbons (Fsp3) is 0.750. The summed E-state index contributed by atoms with van der Waals surface area (Å²) in [5.41, 5.74) is 0.856. The molecule has 0 unspecified atom stereocenters. The molecule has 0 radical (unpaired) electrons. The minimum Gasteiger partial charge on any atom is -0.352 e. The monoisotopic (exact) mass is 197 g/mol. The number of carbonyl (C=O) groups excluding carboxylic acids is 1. The van der Waals surface area contributed by atoms with E-state index in [0.717, 1.165) is 31.4 Å². The molecule has 14 heavy (non-hydrogen) atoms. The highest BCUT2D eigenvalue weighted by Gasteiger charge is 2.01. The second-order valence-electron chi connectivity index (χ2n) is 3.64. The van der Waals surface area contributed by atoms with Gasteiger partial charge in [0.15, 0.2) is 0 Å². The van der Waals surface area contributed by atoms with E-state index in [9.17, 15) is 4.79 Å². The molecule has 0 aromatic heterocycles. The molecular weight excluding hydrogens is 174 g/mol. The van der Waals surface area contributed by atoms with Crippen molar-refractivity contribution in [1.82, 2.24) is 5.32 Å². The molecule has 0 aromatic carbocycles. The van der Waals surface area contributed by atoms with E-state index in [0.29, 0.717) is 0 Å². The lowest BCUT2D eigenvalue weighted by atomic mass is 10.2. The van der Waals surface area contributed by atoms with Gasteiger partial charge in [-0.15, -0.1) is 0 Å². The van der Waals surface area contributed by atoms with E-state index in [-0.39, 0.29) is 5.91 Å². The lowest BCUT2D eigenvalue weighted by Gasteiger charge is -2.03. The highest BCUT2D eigenvalue weighted by Crippen LogP contribution is 2.00. The number of nitrogens with one attached hydrogen (secondary N) is 1. The van der Waals surface area contributed by atoms with Gasteiger partial charge in [-0.05, 0) is 19.8 Å². The summed E-state index contributed by atoms with van der Waals surface area (Å²) in [6.45, 7) is 6.96. The summed E-state index contributed by atoms with van der Waals surface area (Å²) in [4.78, 5) is 11.4. The first-order chi connectivity index (χ1) is 6.72. The molecule has 0 aliphatic rings. The molecule has 0 spiro atoms. The average molecular weight is 197 g/mol. The number of hydrogen-bond donors (Lipinski definition) is 1. The van der Waals surface area contributed by atoms with Gasteiger partial charge in [0.05, 0.1) is 0 Å². The molecule has 0 aromatic rings. The molecule has 0 bridgehead atoms. The SMILES string of the molecule is CCCC/C=C(\C)C(=O)NCCCC. The molecule has 82 valence electrons. The third-order valence-corrected chi connectivity index (χ3v) is 2.18. The number of hydrogen-bond acceptors (Lipinski definition) is 1. The molecule has 1 N–H and O–H groups in total. The zero-order chi connectivity index (χ0) is 10.8. The maximum Gasteiger partial charge on any atom is 0.246 e. The number of unbranched alkanes of at least 4 members (excludes halogenated alkanes) is 3. The van der Waals surface area contributed by atoms with Crippen LogP contribution in [0.3, 0.4) is 0 Å². The van der Waals surface area contributed by atoms with Gasteiger partial charge in [-0.25, -0.2) is 0 Å². The van der Waals surface area contributed by atoms with Crippen LogP contribution in [0.5, 0.6) is 0 Å². The van der Waals surface area contributed by atoms with Gasteiger partial charge >= 0.3 is 0 Å². The Labute approximate surface area is 87.8 Å². The molecule has 2 heteroatoms. The van der Waals surface area contributed by atoms with Crippen LogP contribution in [0, 0.1) is 0 Å². The molecule has 0 aliphatic carbocycles. The Kier molecular flexibility index (Phi) is 8.30. The van der Waals surface area contributed by atoms with Crippen LogP contribution in [-0.4, -0.2) is 12.5 Å². The fourth-order valence-corrected chi connectivity index (χ4v) is 1.13. The largest absolute Gasteiger partial charge is 0.352 e. The topological polar surface area (TPSA) is 29.1 Å². The Morgan fingerprint density at radius 3 is 2.43 bits per heavy atom. The van der Waals surface area contributed by atoms with E-state index in [4.69, 9.17) is 0 Å². The summed E-state index contributed by atoms with van der Waals surface area (Å²) in [5, 5.41) is 2.90. The molecule has 0 aliphatic heterocycles. The number of rotatable bonds is 7. The van der Waals surface area contributed by atoms with Gasteiger partial charge in [0.2, 0.25) is 5.91 Å². The summed E-state index contributed by atoms with van der Waals surface area (Å²) in [6.07, 6.45) is 7.59. The van der Waals surface area contributed by atoms with Crippen LogP contribution in [0.1, 0.15) is 52.9 Å². The second kappa shape index (κ2) is 8.79. The Balaban J connectivity index is 3.68. The van der Waals surface area contributed by atoms with Crippen LogP contribution >= 0.6 is 0 Å². The summed E-state index contributed by atoms with van der Waals surface area (Å²) < 4.78 is 0. The third kappa shape index (κ3) is 6.70. The molecule has 0 rings (SSSR count). The predicted molar refractivity (Wildman–Crippen MR) is 61.2 cm³/mol. The van der Waals surface area contributed by atoms with Gasteiger partial charge in [-0.3, -0.25) is 4.79 Å². The fourth-order valence-electron chi connectivity index (χ4n) is 1.13. The molecular formula is C12H23NO. The Hall–Kier alpha value is -0.790. The molecule has 1 amide bonds. The summed E-state index contributed by atoms with van der Waals surface area (Å²) >= 11 is 0. The van der Waals surface area contributed by atoms with Crippen molar-refractivity contribution in [2.24, 2.45) is 0 Å². The smallest absolute Gasteiger partial charge is 0.246 e. The van der Waals surface area contributed by atoms with E-state index in [1.54, 1.807) is 0 Å². The molecule has 0 saturated heterocycles. The van der Waals surface area contributed by atoms with E-state index >= 15 is 0 Å². The van der Waals surface area contributed by atoms with E-state index in [1.807, 2.05) is 13.0 Å². The maximum absolute atomic E-state index is 11.4. The standard InChI is InChI=1S/C12H23NO/c1-4-6-8-9-11(3)12(14)13-10-7-5-2/h9H,4-8,10H2,1-3H3,(H,13,14)/b11-9+. The molecule has 0 fully saturated rings. The second-order valence-corrected chi connectivity index (χ2v) is 3.64. The third-order valence-electron chi connectivity index (χ3n) is 2.18. The van der Waals surface area contributed by atoms with Crippen LogP contribution in [0.2, 0.25) is 0 Å². The van der Waals surface area contributed by atoms with E-state index < -0.39 is 0 Å². The zero-order valence-corrected chi connectivity index (χ0v) is 9.73. The quantitative estimate of drug-likeness (QED) is 0.493. The van der Waals surface area contributed by atoms with Crippen molar-refractivity contribution in [2.45, 2.75) is 52.9 Å². The summed E-state index contributed by atoms with van der Waals surface area (Å²) in [7, 11) is 0. The molecule has 0 saturated carbocycles. The minimum absolute atomic E-state index is 0.0922. The van der Waals surface area contributed by atoms with Crippen LogP contribution in [0.25, 0.3) is 0 Å². The summed E-state index contributed by atoms with van der Waals surface area (Å²) in [6, 6.07) is 0. The van der Waals surface area contributed by atoms with Gasteiger partial charge in [0, 0.05) is 12.1 Å². The Morgan fingerprint density at radius 2 is 1.86 bits per heavy atom. The molecule has 0 atom stereocenters. The van der Waals surface area contributed by atoms with Crippen molar-refractivity contribution in [3.05, 3.63) is 11.6 Å². The van der Waals surface area contributed by atoms with E-state index in [2.05, 4.69) is 19.2 Å².